The SMILES string of the molecule is O=[N+]([O-])c1cccc(Cl)c1Oc1ccc(S(=O)(=O)Nc2cccc(Br)c2)cc1. The average Bonchev–Trinajstić information content (AvgIpc) is 2.63. The molecule has 10 heteroatoms. The molecule has 0 aromatic heterocycles. The van der Waals surface area contributed by atoms with Crippen LogP contribution in [0.25, 0.3) is 0 Å². The molecular formula is C18H12BrClN2O5S. The van der Waals surface area contributed by atoms with Crippen molar-refractivity contribution in [1.29, 1.82) is 0 Å². The van der Waals surface area contributed by atoms with Crippen LogP contribution >= 0.6 is 27.5 Å². The van der Waals surface area contributed by atoms with Crippen LogP contribution in [0.1, 0.15) is 0 Å². The predicted molar refractivity (Wildman–Crippen MR) is 110 cm³/mol. The molecule has 1 N–H and O–H groups in total. The summed E-state index contributed by atoms with van der Waals surface area (Å²) in [7, 11) is -3.81. The van der Waals surface area contributed by atoms with Crippen molar-refractivity contribution < 1.29 is 18.1 Å². The molecule has 0 fully saturated rings. The summed E-state index contributed by atoms with van der Waals surface area (Å²) in [5.74, 6) is 0.0923. The smallest absolute Gasteiger partial charge is 0.313 e. The van der Waals surface area contributed by atoms with E-state index in [1.165, 1.54) is 42.5 Å². The van der Waals surface area contributed by atoms with Crippen LogP contribution in [0.2, 0.25) is 5.02 Å². The van der Waals surface area contributed by atoms with Gasteiger partial charge in [-0.15, -0.1) is 0 Å². The number of hydrogen-bond donors (Lipinski definition) is 1. The number of halogens is 2. The molecule has 0 radical (unpaired) electrons. The zero-order chi connectivity index (χ0) is 20.3. The van der Waals surface area contributed by atoms with Crippen molar-refractivity contribution in [2.24, 2.45) is 0 Å². The molecule has 28 heavy (non-hydrogen) atoms. The average molecular weight is 484 g/mol. The van der Waals surface area contributed by atoms with Crippen LogP contribution in [0, 0.1) is 10.1 Å². The van der Waals surface area contributed by atoms with Gasteiger partial charge in [0.2, 0.25) is 5.75 Å². The molecule has 0 spiro atoms. The second-order valence-electron chi connectivity index (χ2n) is 5.53. The van der Waals surface area contributed by atoms with Gasteiger partial charge in [-0.05, 0) is 48.5 Å². The van der Waals surface area contributed by atoms with Crippen molar-refractivity contribution in [3.63, 3.8) is 0 Å². The molecule has 3 rings (SSSR count). The van der Waals surface area contributed by atoms with E-state index in [0.717, 1.165) is 4.47 Å². The maximum atomic E-state index is 12.5. The van der Waals surface area contributed by atoms with Crippen LogP contribution in [0.15, 0.2) is 76.1 Å². The quantitative estimate of drug-likeness (QED) is 0.363. The van der Waals surface area contributed by atoms with Crippen molar-refractivity contribution in [2.75, 3.05) is 4.72 Å². The summed E-state index contributed by atoms with van der Waals surface area (Å²) in [4.78, 5) is 10.5. The van der Waals surface area contributed by atoms with E-state index in [4.69, 9.17) is 16.3 Å². The van der Waals surface area contributed by atoms with Crippen molar-refractivity contribution >= 4 is 48.9 Å². The van der Waals surface area contributed by atoms with E-state index in [0.29, 0.717) is 5.69 Å². The van der Waals surface area contributed by atoms with Crippen LogP contribution in [0.4, 0.5) is 11.4 Å². The highest BCUT2D eigenvalue weighted by Gasteiger charge is 2.20. The number of anilines is 1. The van der Waals surface area contributed by atoms with Gasteiger partial charge in [0.1, 0.15) is 5.75 Å². The van der Waals surface area contributed by atoms with E-state index in [1.54, 1.807) is 24.3 Å². The molecule has 0 aliphatic carbocycles. The first-order valence-corrected chi connectivity index (χ1v) is 10.4. The van der Waals surface area contributed by atoms with Gasteiger partial charge < -0.3 is 4.74 Å². The summed E-state index contributed by atoms with van der Waals surface area (Å²) in [5, 5.41) is 11.2. The van der Waals surface area contributed by atoms with Gasteiger partial charge in [0.05, 0.1) is 14.8 Å². The van der Waals surface area contributed by atoms with Gasteiger partial charge >= 0.3 is 5.69 Å². The third-order valence-corrected chi connectivity index (χ3v) is 5.76. The number of ether oxygens (including phenoxy) is 1. The molecule has 0 aliphatic heterocycles. The van der Waals surface area contributed by atoms with Gasteiger partial charge in [0, 0.05) is 16.2 Å². The number of nitrogens with zero attached hydrogens (tertiary/aromatic N) is 1. The number of sulfonamides is 1. The molecular weight excluding hydrogens is 472 g/mol. The first kappa shape index (κ1) is 20.1. The summed E-state index contributed by atoms with van der Waals surface area (Å²) in [6, 6.07) is 16.3. The summed E-state index contributed by atoms with van der Waals surface area (Å²) >= 11 is 9.27. The number of nitrogens with one attached hydrogen (secondary N) is 1. The van der Waals surface area contributed by atoms with Crippen LogP contribution in [0.3, 0.4) is 0 Å². The Kier molecular flexibility index (Phi) is 5.87. The highest BCUT2D eigenvalue weighted by Crippen LogP contribution is 2.37. The summed E-state index contributed by atoms with van der Waals surface area (Å²) in [6.45, 7) is 0. The monoisotopic (exact) mass is 482 g/mol. The van der Waals surface area contributed by atoms with Crippen molar-refractivity contribution in [1.82, 2.24) is 0 Å². The summed E-state index contributed by atoms with van der Waals surface area (Å²) in [5.41, 5.74) is 0.113. The minimum absolute atomic E-state index is 0.00786. The predicted octanol–water partition coefficient (Wildman–Crippen LogP) is 5.60. The number of rotatable bonds is 6. The lowest BCUT2D eigenvalue weighted by molar-refractivity contribution is -0.385. The second-order valence-corrected chi connectivity index (χ2v) is 8.54. The number of benzene rings is 3. The molecule has 0 unspecified atom stereocenters. The van der Waals surface area contributed by atoms with E-state index >= 15 is 0 Å². The lowest BCUT2D eigenvalue weighted by atomic mass is 10.3. The van der Waals surface area contributed by atoms with E-state index in [-0.39, 0.29) is 27.1 Å². The molecule has 0 bridgehead atoms. The van der Waals surface area contributed by atoms with Gasteiger partial charge in [-0.25, -0.2) is 8.42 Å². The number of nitro groups is 1. The lowest BCUT2D eigenvalue weighted by Gasteiger charge is -2.10. The fourth-order valence-corrected chi connectivity index (χ4v) is 3.97. The Hall–Kier alpha value is -2.62. The van der Waals surface area contributed by atoms with Gasteiger partial charge in [-0.1, -0.05) is 39.7 Å². The molecule has 0 heterocycles. The van der Waals surface area contributed by atoms with Gasteiger partial charge in [0.15, 0.2) is 0 Å². The molecule has 0 aliphatic rings. The van der Waals surface area contributed by atoms with Gasteiger partial charge in [-0.3, -0.25) is 14.8 Å². The Balaban J connectivity index is 1.83. The maximum absolute atomic E-state index is 12.5. The lowest BCUT2D eigenvalue weighted by Crippen LogP contribution is -2.12. The van der Waals surface area contributed by atoms with Gasteiger partial charge in [-0.2, -0.15) is 0 Å². The molecule has 0 saturated carbocycles. The van der Waals surface area contributed by atoms with E-state index < -0.39 is 14.9 Å². The Bertz CT molecular complexity index is 1140. The normalized spacial score (nSPS) is 11.1. The minimum atomic E-state index is -3.81. The molecule has 0 atom stereocenters. The Labute approximate surface area is 174 Å². The van der Waals surface area contributed by atoms with Crippen LogP contribution < -0.4 is 9.46 Å². The molecule has 0 saturated heterocycles. The molecule has 0 amide bonds. The fourth-order valence-electron chi connectivity index (χ4n) is 2.31. The zero-order valence-corrected chi connectivity index (χ0v) is 17.2. The first-order chi connectivity index (χ1) is 13.3. The third-order valence-electron chi connectivity index (χ3n) is 3.57. The molecule has 3 aromatic carbocycles. The van der Waals surface area contributed by atoms with Crippen LogP contribution in [-0.4, -0.2) is 13.3 Å². The number of nitro benzene ring substituents is 1. The van der Waals surface area contributed by atoms with Crippen LogP contribution in [0.5, 0.6) is 11.5 Å². The van der Waals surface area contributed by atoms with E-state index in [1.807, 2.05) is 0 Å². The second kappa shape index (κ2) is 8.17. The highest BCUT2D eigenvalue weighted by molar-refractivity contribution is 9.10. The fraction of sp³-hybridized carbons (Fsp3) is 0. The van der Waals surface area contributed by atoms with E-state index in [2.05, 4.69) is 20.7 Å². The van der Waals surface area contributed by atoms with Crippen LogP contribution in [-0.2, 0) is 10.0 Å². The Morgan fingerprint density at radius 2 is 1.71 bits per heavy atom. The molecule has 144 valence electrons. The molecule has 7 nitrogen and oxygen atoms in total. The third kappa shape index (κ3) is 4.61. The van der Waals surface area contributed by atoms with E-state index in [9.17, 15) is 18.5 Å². The first-order valence-electron chi connectivity index (χ1n) is 7.75. The summed E-state index contributed by atoms with van der Waals surface area (Å²) < 4.78 is 33.7. The van der Waals surface area contributed by atoms with Crippen molar-refractivity contribution in [3.05, 3.63) is 86.3 Å². The largest absolute Gasteiger partial charge is 0.449 e. The Morgan fingerprint density at radius 3 is 2.36 bits per heavy atom. The van der Waals surface area contributed by atoms with Crippen molar-refractivity contribution in [2.45, 2.75) is 4.90 Å². The maximum Gasteiger partial charge on any atom is 0.313 e. The Morgan fingerprint density at radius 1 is 1.04 bits per heavy atom. The number of para-hydroxylation sites is 1. The van der Waals surface area contributed by atoms with Crippen molar-refractivity contribution in [3.8, 4) is 11.5 Å². The van der Waals surface area contributed by atoms with Gasteiger partial charge in [0.25, 0.3) is 10.0 Å². The number of hydrogen-bond acceptors (Lipinski definition) is 5. The standard InChI is InChI=1S/C18H12BrClN2O5S/c19-12-3-1-4-13(11-12)21-28(25,26)15-9-7-14(8-10-15)27-18-16(20)5-2-6-17(18)22(23)24/h1-11,21H. The topological polar surface area (TPSA) is 98.5 Å². The highest BCUT2D eigenvalue weighted by atomic mass is 79.9. The molecule has 3 aromatic rings. The zero-order valence-electron chi connectivity index (χ0n) is 14.0. The minimum Gasteiger partial charge on any atom is -0.449 e. The summed E-state index contributed by atoms with van der Waals surface area (Å²) in [6.07, 6.45) is 0.